The van der Waals surface area contributed by atoms with Crippen molar-refractivity contribution >= 4 is 11.3 Å². The zero-order chi connectivity index (χ0) is 13.1. The Morgan fingerprint density at radius 2 is 2.26 bits per heavy atom. The number of thiophene rings is 1. The summed E-state index contributed by atoms with van der Waals surface area (Å²) < 4.78 is 0. The van der Waals surface area contributed by atoms with Gasteiger partial charge < -0.3 is 10.4 Å². The smallest absolute Gasteiger partial charge is 0.115 e. The molecular formula is C16H19NOS. The number of aryl methyl sites for hydroxylation is 1. The van der Waals surface area contributed by atoms with Crippen LogP contribution in [0.15, 0.2) is 35.7 Å². The van der Waals surface area contributed by atoms with Gasteiger partial charge in [-0.05, 0) is 60.4 Å². The topological polar surface area (TPSA) is 32.3 Å². The lowest BCUT2D eigenvalue weighted by Gasteiger charge is -2.26. The van der Waals surface area contributed by atoms with E-state index in [9.17, 15) is 5.11 Å². The van der Waals surface area contributed by atoms with E-state index in [1.807, 2.05) is 17.4 Å². The summed E-state index contributed by atoms with van der Waals surface area (Å²) in [6, 6.07) is 10.6. The molecular weight excluding hydrogens is 254 g/mol. The van der Waals surface area contributed by atoms with E-state index in [1.54, 1.807) is 6.07 Å². The molecule has 1 aliphatic rings. The van der Waals surface area contributed by atoms with Crippen LogP contribution < -0.4 is 5.32 Å². The molecule has 2 aromatic rings. The maximum Gasteiger partial charge on any atom is 0.115 e. The molecule has 1 heterocycles. The first-order chi connectivity index (χ1) is 9.33. The predicted molar refractivity (Wildman–Crippen MR) is 79.8 cm³/mol. The molecule has 0 bridgehead atoms. The van der Waals surface area contributed by atoms with Crippen LogP contribution in [-0.2, 0) is 12.8 Å². The number of rotatable bonds is 4. The maximum atomic E-state index is 9.56. The molecule has 2 nitrogen and oxygen atoms in total. The molecule has 1 atom stereocenters. The molecule has 100 valence electrons. The zero-order valence-electron chi connectivity index (χ0n) is 10.9. The van der Waals surface area contributed by atoms with Gasteiger partial charge in [-0.1, -0.05) is 12.1 Å². The number of aromatic hydroxyl groups is 1. The second kappa shape index (κ2) is 5.76. The van der Waals surface area contributed by atoms with E-state index in [2.05, 4.69) is 28.9 Å². The number of phenols is 1. The Morgan fingerprint density at radius 3 is 3.11 bits per heavy atom. The van der Waals surface area contributed by atoms with E-state index in [0.29, 0.717) is 11.8 Å². The molecule has 1 aromatic carbocycles. The van der Waals surface area contributed by atoms with Gasteiger partial charge in [-0.2, -0.15) is 0 Å². The van der Waals surface area contributed by atoms with Gasteiger partial charge in [0.1, 0.15) is 5.75 Å². The van der Waals surface area contributed by atoms with Crippen LogP contribution in [-0.4, -0.2) is 11.7 Å². The molecule has 19 heavy (non-hydrogen) atoms. The van der Waals surface area contributed by atoms with Crippen molar-refractivity contribution in [3.8, 4) is 5.75 Å². The molecule has 0 aliphatic heterocycles. The average molecular weight is 273 g/mol. The van der Waals surface area contributed by atoms with Crippen molar-refractivity contribution in [2.24, 2.45) is 0 Å². The minimum atomic E-state index is 0.387. The summed E-state index contributed by atoms with van der Waals surface area (Å²) in [7, 11) is 0. The third kappa shape index (κ3) is 2.99. The van der Waals surface area contributed by atoms with Crippen LogP contribution >= 0.6 is 11.3 Å². The van der Waals surface area contributed by atoms with Gasteiger partial charge in [0.2, 0.25) is 0 Å². The van der Waals surface area contributed by atoms with Crippen LogP contribution in [0, 0.1) is 0 Å². The SMILES string of the molecule is Oc1ccc2c(c1)CCCC2NCCc1cccs1. The third-order valence-electron chi connectivity index (χ3n) is 3.78. The maximum absolute atomic E-state index is 9.56. The molecule has 0 amide bonds. The van der Waals surface area contributed by atoms with E-state index >= 15 is 0 Å². The quantitative estimate of drug-likeness (QED) is 0.891. The van der Waals surface area contributed by atoms with E-state index in [1.165, 1.54) is 28.8 Å². The van der Waals surface area contributed by atoms with Crippen molar-refractivity contribution in [2.75, 3.05) is 6.54 Å². The number of hydrogen-bond acceptors (Lipinski definition) is 3. The molecule has 2 N–H and O–H groups in total. The minimum absolute atomic E-state index is 0.387. The Balaban J connectivity index is 1.63. The lowest BCUT2D eigenvalue weighted by molar-refractivity contribution is 0.452. The molecule has 1 unspecified atom stereocenters. The van der Waals surface area contributed by atoms with E-state index in [0.717, 1.165) is 19.4 Å². The van der Waals surface area contributed by atoms with Gasteiger partial charge in [-0.25, -0.2) is 0 Å². The van der Waals surface area contributed by atoms with E-state index in [-0.39, 0.29) is 0 Å². The standard InChI is InChI=1S/C16H19NOS/c18-13-6-7-15-12(11-13)3-1-5-16(15)17-9-8-14-4-2-10-19-14/h2,4,6-7,10-11,16-18H,1,3,5,8-9H2. The van der Waals surface area contributed by atoms with Crippen molar-refractivity contribution < 1.29 is 5.11 Å². The van der Waals surface area contributed by atoms with Crippen LogP contribution in [0.5, 0.6) is 5.75 Å². The second-order valence-electron chi connectivity index (χ2n) is 5.11. The first-order valence-corrected chi connectivity index (χ1v) is 7.78. The first kappa shape index (κ1) is 12.7. The van der Waals surface area contributed by atoms with Gasteiger partial charge in [-0.3, -0.25) is 0 Å². The van der Waals surface area contributed by atoms with Crippen molar-refractivity contribution in [2.45, 2.75) is 31.7 Å². The number of benzene rings is 1. The van der Waals surface area contributed by atoms with E-state index in [4.69, 9.17) is 0 Å². The molecule has 3 rings (SSSR count). The van der Waals surface area contributed by atoms with Gasteiger partial charge in [0, 0.05) is 17.5 Å². The monoisotopic (exact) mass is 273 g/mol. The lowest BCUT2D eigenvalue weighted by Crippen LogP contribution is -2.26. The number of nitrogens with one attached hydrogen (secondary N) is 1. The summed E-state index contributed by atoms with van der Waals surface area (Å²) in [5.41, 5.74) is 2.68. The Hall–Kier alpha value is -1.32. The highest BCUT2D eigenvalue weighted by molar-refractivity contribution is 7.09. The second-order valence-corrected chi connectivity index (χ2v) is 6.14. The zero-order valence-corrected chi connectivity index (χ0v) is 11.7. The van der Waals surface area contributed by atoms with Gasteiger partial charge in [-0.15, -0.1) is 11.3 Å². The Bertz CT molecular complexity index is 536. The first-order valence-electron chi connectivity index (χ1n) is 6.90. The van der Waals surface area contributed by atoms with Crippen molar-refractivity contribution in [1.82, 2.24) is 5.32 Å². The Kier molecular flexibility index (Phi) is 3.85. The molecule has 3 heteroatoms. The molecule has 0 spiro atoms. The van der Waals surface area contributed by atoms with Gasteiger partial charge >= 0.3 is 0 Å². The number of fused-ring (bicyclic) bond motifs is 1. The lowest BCUT2D eigenvalue weighted by atomic mass is 9.87. The van der Waals surface area contributed by atoms with Gasteiger partial charge in [0.25, 0.3) is 0 Å². The number of hydrogen-bond donors (Lipinski definition) is 2. The Morgan fingerprint density at radius 1 is 1.32 bits per heavy atom. The minimum Gasteiger partial charge on any atom is -0.508 e. The van der Waals surface area contributed by atoms with Crippen LogP contribution in [0.1, 0.15) is 34.9 Å². The van der Waals surface area contributed by atoms with Gasteiger partial charge in [0.05, 0.1) is 0 Å². The summed E-state index contributed by atoms with van der Waals surface area (Å²) in [4.78, 5) is 1.44. The fraction of sp³-hybridized carbons (Fsp3) is 0.375. The summed E-state index contributed by atoms with van der Waals surface area (Å²) in [5, 5.41) is 15.4. The van der Waals surface area contributed by atoms with Crippen LogP contribution in [0.25, 0.3) is 0 Å². The third-order valence-corrected chi connectivity index (χ3v) is 4.72. The normalized spacial score (nSPS) is 18.2. The van der Waals surface area contributed by atoms with Crippen molar-refractivity contribution in [3.05, 3.63) is 51.7 Å². The fourth-order valence-corrected chi connectivity index (χ4v) is 3.55. The molecule has 1 aliphatic carbocycles. The largest absolute Gasteiger partial charge is 0.508 e. The highest BCUT2D eigenvalue weighted by atomic mass is 32.1. The molecule has 0 saturated heterocycles. The fourth-order valence-electron chi connectivity index (χ4n) is 2.84. The van der Waals surface area contributed by atoms with Crippen molar-refractivity contribution in [3.63, 3.8) is 0 Å². The summed E-state index contributed by atoms with van der Waals surface area (Å²) >= 11 is 1.82. The van der Waals surface area contributed by atoms with Crippen molar-refractivity contribution in [1.29, 1.82) is 0 Å². The highest BCUT2D eigenvalue weighted by Crippen LogP contribution is 2.31. The summed E-state index contributed by atoms with van der Waals surface area (Å²) in [6.45, 7) is 1.02. The summed E-state index contributed by atoms with van der Waals surface area (Å²) in [5.74, 6) is 0.387. The number of phenolic OH excluding ortho intramolecular Hbond substituents is 1. The van der Waals surface area contributed by atoms with Crippen LogP contribution in [0.4, 0.5) is 0 Å². The van der Waals surface area contributed by atoms with Gasteiger partial charge in [0.15, 0.2) is 0 Å². The van der Waals surface area contributed by atoms with Crippen LogP contribution in [0.2, 0.25) is 0 Å². The van der Waals surface area contributed by atoms with E-state index < -0.39 is 0 Å². The molecule has 0 radical (unpaired) electrons. The highest BCUT2D eigenvalue weighted by Gasteiger charge is 2.19. The predicted octanol–water partition coefficient (Wildman–Crippen LogP) is 3.66. The van der Waals surface area contributed by atoms with Crippen LogP contribution in [0.3, 0.4) is 0 Å². The molecule has 1 aromatic heterocycles. The molecule has 0 saturated carbocycles. The molecule has 0 fully saturated rings. The summed E-state index contributed by atoms with van der Waals surface area (Å²) in [6.07, 6.45) is 4.59. The Labute approximate surface area is 118 Å². The average Bonchev–Trinajstić information content (AvgIpc) is 2.92.